The van der Waals surface area contributed by atoms with E-state index < -0.39 is 0 Å². The minimum absolute atomic E-state index is 0.831. The van der Waals surface area contributed by atoms with E-state index >= 15 is 0 Å². The van der Waals surface area contributed by atoms with Crippen molar-refractivity contribution in [3.63, 3.8) is 0 Å². The molecule has 0 aliphatic heterocycles. The molecule has 118 valence electrons. The molecule has 0 heterocycles. The van der Waals surface area contributed by atoms with E-state index in [-0.39, 0.29) is 0 Å². The molecule has 0 aromatic heterocycles. The lowest BCUT2D eigenvalue weighted by Gasteiger charge is -2.03. The van der Waals surface area contributed by atoms with Gasteiger partial charge in [-0.05, 0) is 32.9 Å². The average Bonchev–Trinajstić information content (AvgIpc) is 2.45. The molecular formula is C19H36O. The standard InChI is InChI=1S/C13H18O.3C2H6/c1-6-8-12(4)14-13(5)10-7-9-11(2)3;3*1-2/h6-10H,1-2H2,3-5H3;3*1-2H3/b9-7-,12-8+,13-10+;;;. The Kier molecular flexibility index (Phi) is 35.2. The Morgan fingerprint density at radius 3 is 1.55 bits per heavy atom. The van der Waals surface area contributed by atoms with E-state index in [1.54, 1.807) is 6.08 Å². The van der Waals surface area contributed by atoms with Gasteiger partial charge in [0.15, 0.2) is 0 Å². The molecule has 0 saturated carbocycles. The van der Waals surface area contributed by atoms with Crippen molar-refractivity contribution in [1.29, 1.82) is 0 Å². The average molecular weight is 280 g/mol. The highest BCUT2D eigenvalue weighted by atomic mass is 16.5. The Balaban J connectivity index is -0.000000187. The number of rotatable bonds is 5. The molecule has 0 aromatic carbocycles. The van der Waals surface area contributed by atoms with Crippen LogP contribution in [0.3, 0.4) is 0 Å². The van der Waals surface area contributed by atoms with Crippen LogP contribution in [0.5, 0.6) is 0 Å². The van der Waals surface area contributed by atoms with Gasteiger partial charge in [-0.2, -0.15) is 0 Å². The molecule has 0 radical (unpaired) electrons. The van der Waals surface area contributed by atoms with Crippen molar-refractivity contribution < 1.29 is 4.74 Å². The van der Waals surface area contributed by atoms with Gasteiger partial charge in [-0.3, -0.25) is 0 Å². The van der Waals surface area contributed by atoms with E-state index in [1.165, 1.54) is 0 Å². The fourth-order valence-corrected chi connectivity index (χ4v) is 0.836. The van der Waals surface area contributed by atoms with Crippen LogP contribution < -0.4 is 0 Å². The van der Waals surface area contributed by atoms with Gasteiger partial charge in [0, 0.05) is 0 Å². The maximum atomic E-state index is 5.44. The van der Waals surface area contributed by atoms with Gasteiger partial charge in [0.05, 0.1) is 0 Å². The fraction of sp³-hybridized carbons (Fsp3) is 0.474. The van der Waals surface area contributed by atoms with E-state index in [9.17, 15) is 0 Å². The molecule has 0 saturated heterocycles. The maximum absolute atomic E-state index is 5.44. The van der Waals surface area contributed by atoms with Crippen molar-refractivity contribution in [2.45, 2.75) is 62.3 Å². The number of hydrogen-bond acceptors (Lipinski definition) is 1. The predicted molar refractivity (Wildman–Crippen MR) is 96.8 cm³/mol. The highest BCUT2D eigenvalue weighted by Crippen LogP contribution is 2.05. The van der Waals surface area contributed by atoms with E-state index in [0.29, 0.717) is 0 Å². The summed E-state index contributed by atoms with van der Waals surface area (Å²) in [5, 5.41) is 0. The lowest BCUT2D eigenvalue weighted by atomic mass is 10.3. The first-order chi connectivity index (χ1) is 9.56. The lowest BCUT2D eigenvalue weighted by Crippen LogP contribution is -1.84. The van der Waals surface area contributed by atoms with Crippen molar-refractivity contribution >= 4 is 0 Å². The Morgan fingerprint density at radius 1 is 0.800 bits per heavy atom. The van der Waals surface area contributed by atoms with Crippen molar-refractivity contribution in [3.05, 3.63) is 60.6 Å². The predicted octanol–water partition coefficient (Wildman–Crippen LogP) is 7.21. The second kappa shape index (κ2) is 26.1. The molecule has 0 atom stereocenters. The summed E-state index contributed by atoms with van der Waals surface area (Å²) in [6.45, 7) is 25.1. The summed E-state index contributed by atoms with van der Waals surface area (Å²) in [5.41, 5.74) is 1.02. The number of ether oxygens (including phenoxy) is 1. The Morgan fingerprint density at radius 2 is 1.20 bits per heavy atom. The molecule has 0 spiro atoms. The zero-order chi connectivity index (χ0) is 17.0. The second-order valence-electron chi connectivity index (χ2n) is 3.10. The molecule has 20 heavy (non-hydrogen) atoms. The molecule has 0 amide bonds. The van der Waals surface area contributed by atoms with Crippen LogP contribution >= 0.6 is 0 Å². The first-order valence-corrected chi connectivity index (χ1v) is 7.54. The quantitative estimate of drug-likeness (QED) is 0.382. The van der Waals surface area contributed by atoms with E-state index in [2.05, 4.69) is 13.2 Å². The summed E-state index contributed by atoms with van der Waals surface area (Å²) in [6, 6.07) is 0. The lowest BCUT2D eigenvalue weighted by molar-refractivity contribution is 0.309. The molecule has 1 heteroatoms. The SMILES string of the molecule is C=C/C=C(\C)O/C(C)=C/C=C\C(=C)C.CC.CC.CC. The number of allylic oxidation sites excluding steroid dienone is 8. The third kappa shape index (κ3) is 30.0. The molecule has 0 aromatic rings. The van der Waals surface area contributed by atoms with Crippen LogP contribution in [0.4, 0.5) is 0 Å². The van der Waals surface area contributed by atoms with Gasteiger partial charge in [-0.1, -0.05) is 78.5 Å². The first-order valence-electron chi connectivity index (χ1n) is 7.54. The smallest absolute Gasteiger partial charge is 0.100 e. The molecule has 0 fully saturated rings. The zero-order valence-corrected chi connectivity index (χ0v) is 15.2. The van der Waals surface area contributed by atoms with Crippen LogP contribution in [0, 0.1) is 0 Å². The topological polar surface area (TPSA) is 9.23 Å². The normalized spacial score (nSPS) is 10.1. The minimum Gasteiger partial charge on any atom is -0.467 e. The van der Waals surface area contributed by atoms with Crippen LogP contribution in [0.25, 0.3) is 0 Å². The summed E-state index contributed by atoms with van der Waals surface area (Å²) in [7, 11) is 0. The largest absolute Gasteiger partial charge is 0.467 e. The Bertz CT molecular complexity index is 291. The third-order valence-electron chi connectivity index (χ3n) is 1.39. The Hall–Kier alpha value is -1.50. The second-order valence-corrected chi connectivity index (χ2v) is 3.10. The van der Waals surface area contributed by atoms with Gasteiger partial charge < -0.3 is 4.74 Å². The van der Waals surface area contributed by atoms with Crippen LogP contribution in [0.2, 0.25) is 0 Å². The van der Waals surface area contributed by atoms with Gasteiger partial charge >= 0.3 is 0 Å². The van der Waals surface area contributed by atoms with Crippen molar-refractivity contribution in [1.82, 2.24) is 0 Å². The van der Waals surface area contributed by atoms with Crippen LogP contribution in [0.15, 0.2) is 60.6 Å². The van der Waals surface area contributed by atoms with Crippen molar-refractivity contribution in [2.75, 3.05) is 0 Å². The summed E-state index contributed by atoms with van der Waals surface area (Å²) in [5.74, 6) is 1.68. The summed E-state index contributed by atoms with van der Waals surface area (Å²) < 4.78 is 5.44. The first kappa shape index (κ1) is 26.9. The van der Waals surface area contributed by atoms with Crippen LogP contribution in [-0.4, -0.2) is 0 Å². The van der Waals surface area contributed by atoms with E-state index in [4.69, 9.17) is 4.74 Å². The van der Waals surface area contributed by atoms with Gasteiger partial charge in [0.25, 0.3) is 0 Å². The molecule has 0 aliphatic rings. The maximum Gasteiger partial charge on any atom is 0.100 e. The van der Waals surface area contributed by atoms with E-state index in [0.717, 1.165) is 17.1 Å². The fourth-order valence-electron chi connectivity index (χ4n) is 0.836. The summed E-state index contributed by atoms with van der Waals surface area (Å²) in [4.78, 5) is 0. The van der Waals surface area contributed by atoms with Gasteiger partial charge in [0.1, 0.15) is 11.5 Å². The van der Waals surface area contributed by atoms with Gasteiger partial charge in [0.2, 0.25) is 0 Å². The third-order valence-corrected chi connectivity index (χ3v) is 1.39. The minimum atomic E-state index is 0.831. The van der Waals surface area contributed by atoms with Crippen LogP contribution in [-0.2, 0) is 4.74 Å². The monoisotopic (exact) mass is 280 g/mol. The number of hydrogen-bond donors (Lipinski definition) is 0. The highest BCUT2D eigenvalue weighted by molar-refractivity contribution is 5.18. The summed E-state index contributed by atoms with van der Waals surface area (Å²) in [6.07, 6.45) is 9.26. The van der Waals surface area contributed by atoms with Gasteiger partial charge in [-0.15, -0.1) is 0 Å². The van der Waals surface area contributed by atoms with Crippen molar-refractivity contribution in [2.24, 2.45) is 0 Å². The van der Waals surface area contributed by atoms with Gasteiger partial charge in [-0.25, -0.2) is 0 Å². The molecule has 0 rings (SSSR count). The molecule has 0 N–H and O–H groups in total. The zero-order valence-electron chi connectivity index (χ0n) is 15.2. The summed E-state index contributed by atoms with van der Waals surface area (Å²) >= 11 is 0. The molecule has 0 bridgehead atoms. The molecule has 0 unspecified atom stereocenters. The Labute approximate surface area is 128 Å². The molecule has 1 nitrogen and oxygen atoms in total. The van der Waals surface area contributed by atoms with Crippen LogP contribution in [0.1, 0.15) is 62.3 Å². The van der Waals surface area contributed by atoms with E-state index in [1.807, 2.05) is 86.6 Å². The molecular weight excluding hydrogens is 244 g/mol. The molecule has 0 aliphatic carbocycles. The van der Waals surface area contributed by atoms with Crippen molar-refractivity contribution in [3.8, 4) is 0 Å². The highest BCUT2D eigenvalue weighted by Gasteiger charge is 1.89.